The van der Waals surface area contributed by atoms with Crippen molar-refractivity contribution in [3.05, 3.63) is 11.7 Å². The van der Waals surface area contributed by atoms with Gasteiger partial charge in [-0.2, -0.15) is 4.98 Å². The Balaban J connectivity index is 1.69. The molecule has 5 heteroatoms. The summed E-state index contributed by atoms with van der Waals surface area (Å²) in [7, 11) is 0. The van der Waals surface area contributed by atoms with Crippen molar-refractivity contribution in [3.8, 4) is 0 Å². The van der Waals surface area contributed by atoms with Crippen molar-refractivity contribution in [2.24, 2.45) is 0 Å². The van der Waals surface area contributed by atoms with Gasteiger partial charge in [0.25, 0.3) is 0 Å². The van der Waals surface area contributed by atoms with E-state index in [2.05, 4.69) is 15.5 Å². The van der Waals surface area contributed by atoms with E-state index < -0.39 is 0 Å². The first-order valence-electron chi connectivity index (χ1n) is 6.47. The third kappa shape index (κ3) is 2.21. The zero-order valence-corrected chi connectivity index (χ0v) is 10.2. The van der Waals surface area contributed by atoms with Crippen molar-refractivity contribution in [2.45, 2.75) is 50.7 Å². The first kappa shape index (κ1) is 11.2. The molecule has 2 aliphatic rings. The van der Waals surface area contributed by atoms with Crippen LogP contribution in [0.15, 0.2) is 4.52 Å². The average Bonchev–Trinajstić information content (AvgIpc) is 3.00. The fourth-order valence-electron chi connectivity index (χ4n) is 2.65. The number of hydrogen-bond donors (Lipinski definition) is 1. The smallest absolute Gasteiger partial charge is 0.228 e. The van der Waals surface area contributed by atoms with Gasteiger partial charge < -0.3 is 14.6 Å². The summed E-state index contributed by atoms with van der Waals surface area (Å²) in [5.74, 6) is 1.44. The summed E-state index contributed by atoms with van der Waals surface area (Å²) >= 11 is 0. The fourth-order valence-corrected chi connectivity index (χ4v) is 2.65. The fraction of sp³-hybridized carbons (Fsp3) is 0.833. The van der Waals surface area contributed by atoms with Gasteiger partial charge >= 0.3 is 0 Å². The molecule has 2 fully saturated rings. The molecular weight excluding hydrogens is 218 g/mol. The van der Waals surface area contributed by atoms with E-state index in [-0.39, 0.29) is 5.60 Å². The second-order valence-electron chi connectivity index (χ2n) is 5.19. The predicted molar refractivity (Wildman–Crippen MR) is 61.6 cm³/mol. The van der Waals surface area contributed by atoms with Crippen molar-refractivity contribution in [3.63, 3.8) is 0 Å². The Kier molecular flexibility index (Phi) is 2.88. The summed E-state index contributed by atoms with van der Waals surface area (Å²) in [6, 6.07) is 0.501. The van der Waals surface area contributed by atoms with Crippen molar-refractivity contribution in [1.82, 2.24) is 15.5 Å². The molecule has 0 aliphatic carbocycles. The van der Waals surface area contributed by atoms with E-state index in [4.69, 9.17) is 9.26 Å². The van der Waals surface area contributed by atoms with Gasteiger partial charge in [-0.1, -0.05) is 5.16 Å². The highest BCUT2D eigenvalue weighted by molar-refractivity contribution is 5.02. The van der Waals surface area contributed by atoms with Gasteiger partial charge in [-0.3, -0.25) is 0 Å². The van der Waals surface area contributed by atoms with E-state index >= 15 is 0 Å². The third-order valence-electron chi connectivity index (χ3n) is 3.74. The molecule has 1 aromatic heterocycles. The zero-order chi connectivity index (χ0) is 11.7. The van der Waals surface area contributed by atoms with Crippen LogP contribution in [0.5, 0.6) is 0 Å². The summed E-state index contributed by atoms with van der Waals surface area (Å²) in [5.41, 5.74) is -0.329. The molecule has 17 heavy (non-hydrogen) atoms. The minimum absolute atomic E-state index is 0.329. The maximum atomic E-state index is 5.71. The molecule has 0 bridgehead atoms. The molecule has 94 valence electrons. The van der Waals surface area contributed by atoms with Gasteiger partial charge in [0, 0.05) is 19.1 Å². The van der Waals surface area contributed by atoms with Crippen molar-refractivity contribution in [1.29, 1.82) is 0 Å². The number of nitrogens with zero attached hydrogens (tertiary/aromatic N) is 2. The molecule has 5 nitrogen and oxygen atoms in total. The van der Waals surface area contributed by atoms with Crippen LogP contribution in [0.1, 0.15) is 44.3 Å². The zero-order valence-electron chi connectivity index (χ0n) is 10.2. The van der Waals surface area contributed by atoms with E-state index in [1.807, 2.05) is 6.92 Å². The van der Waals surface area contributed by atoms with Crippen LogP contribution >= 0.6 is 0 Å². The topological polar surface area (TPSA) is 60.2 Å². The number of ether oxygens (including phenoxy) is 1. The highest BCUT2D eigenvalue weighted by Crippen LogP contribution is 2.33. The Labute approximate surface area is 101 Å². The van der Waals surface area contributed by atoms with Crippen LogP contribution in [0.25, 0.3) is 0 Å². The van der Waals surface area contributed by atoms with E-state index in [1.54, 1.807) is 0 Å². The van der Waals surface area contributed by atoms with Crippen molar-refractivity contribution >= 4 is 0 Å². The summed E-state index contributed by atoms with van der Waals surface area (Å²) in [5, 5.41) is 7.51. The molecule has 2 unspecified atom stereocenters. The first-order valence-corrected chi connectivity index (χ1v) is 6.47. The Morgan fingerprint density at radius 1 is 1.47 bits per heavy atom. The maximum absolute atomic E-state index is 5.71. The second kappa shape index (κ2) is 4.38. The monoisotopic (exact) mass is 237 g/mol. The summed E-state index contributed by atoms with van der Waals surface area (Å²) in [6.45, 7) is 3.94. The maximum Gasteiger partial charge on any atom is 0.228 e. The molecule has 2 aliphatic heterocycles. The SMILES string of the molecule is CC1(c2noc(CC3CCCN3)n2)CCCO1. The van der Waals surface area contributed by atoms with Gasteiger partial charge in [0.05, 0.1) is 0 Å². The predicted octanol–water partition coefficient (Wildman–Crippen LogP) is 1.39. The van der Waals surface area contributed by atoms with Gasteiger partial charge in [0.2, 0.25) is 11.7 Å². The standard InChI is InChI=1S/C12H19N3O2/c1-12(5-3-7-16-12)11-14-10(17-15-11)8-9-4-2-6-13-9/h9,13H,2-8H2,1H3. The lowest BCUT2D eigenvalue weighted by molar-refractivity contribution is 0.00768. The van der Waals surface area contributed by atoms with Gasteiger partial charge in [0.1, 0.15) is 5.60 Å². The molecule has 0 spiro atoms. The summed E-state index contributed by atoms with van der Waals surface area (Å²) < 4.78 is 11.0. The van der Waals surface area contributed by atoms with Crippen LogP contribution in [0.4, 0.5) is 0 Å². The largest absolute Gasteiger partial charge is 0.367 e. The molecule has 0 saturated carbocycles. The van der Waals surface area contributed by atoms with Gasteiger partial charge in [-0.05, 0) is 39.2 Å². The molecule has 2 saturated heterocycles. The molecule has 1 N–H and O–H groups in total. The summed E-state index contributed by atoms with van der Waals surface area (Å²) in [6.07, 6.45) is 5.33. The molecular formula is C12H19N3O2. The molecule has 1 aromatic rings. The lowest BCUT2D eigenvalue weighted by Crippen LogP contribution is -2.24. The number of hydrogen-bond acceptors (Lipinski definition) is 5. The average molecular weight is 237 g/mol. The van der Waals surface area contributed by atoms with Crippen LogP contribution in [0, 0.1) is 0 Å². The number of nitrogens with one attached hydrogen (secondary N) is 1. The van der Waals surface area contributed by atoms with Crippen LogP contribution < -0.4 is 5.32 Å². The first-order chi connectivity index (χ1) is 8.26. The Morgan fingerprint density at radius 2 is 2.41 bits per heavy atom. The number of aromatic nitrogens is 2. The minimum Gasteiger partial charge on any atom is -0.367 e. The highest BCUT2D eigenvalue weighted by Gasteiger charge is 2.36. The molecule has 0 radical (unpaired) electrons. The van der Waals surface area contributed by atoms with Crippen molar-refractivity contribution < 1.29 is 9.26 Å². The third-order valence-corrected chi connectivity index (χ3v) is 3.74. The quantitative estimate of drug-likeness (QED) is 0.860. The van der Waals surface area contributed by atoms with Crippen LogP contribution in [0.2, 0.25) is 0 Å². The Hall–Kier alpha value is -0.940. The molecule has 0 amide bonds. The van der Waals surface area contributed by atoms with Crippen LogP contribution in [-0.4, -0.2) is 29.3 Å². The van der Waals surface area contributed by atoms with Gasteiger partial charge in [-0.25, -0.2) is 0 Å². The van der Waals surface area contributed by atoms with Crippen molar-refractivity contribution in [2.75, 3.05) is 13.2 Å². The molecule has 3 heterocycles. The lowest BCUT2D eigenvalue weighted by Gasteiger charge is -2.17. The second-order valence-corrected chi connectivity index (χ2v) is 5.19. The van der Waals surface area contributed by atoms with Gasteiger partial charge in [0.15, 0.2) is 0 Å². The minimum atomic E-state index is -0.329. The van der Waals surface area contributed by atoms with Gasteiger partial charge in [-0.15, -0.1) is 0 Å². The molecule has 0 aromatic carbocycles. The Bertz CT molecular complexity index is 379. The highest BCUT2D eigenvalue weighted by atomic mass is 16.5. The van der Waals surface area contributed by atoms with E-state index in [1.165, 1.54) is 12.8 Å². The normalized spacial score (nSPS) is 33.4. The van der Waals surface area contributed by atoms with Crippen LogP contribution in [0.3, 0.4) is 0 Å². The Morgan fingerprint density at radius 3 is 3.12 bits per heavy atom. The van der Waals surface area contributed by atoms with E-state index in [0.29, 0.717) is 11.9 Å². The van der Waals surface area contributed by atoms with E-state index in [9.17, 15) is 0 Å². The molecule has 3 rings (SSSR count). The number of rotatable bonds is 3. The molecule has 2 atom stereocenters. The van der Waals surface area contributed by atoms with Crippen LogP contribution in [-0.2, 0) is 16.8 Å². The summed E-state index contributed by atoms with van der Waals surface area (Å²) in [4.78, 5) is 4.48. The van der Waals surface area contributed by atoms with E-state index in [0.717, 1.165) is 38.3 Å². The lowest BCUT2D eigenvalue weighted by atomic mass is 10.0.